The molecule has 0 spiro atoms. The number of amides is 3. The number of rotatable bonds is 9. The van der Waals surface area contributed by atoms with Crippen molar-refractivity contribution in [2.24, 2.45) is 5.92 Å². The van der Waals surface area contributed by atoms with Crippen LogP contribution in [0.2, 0.25) is 0 Å². The van der Waals surface area contributed by atoms with Crippen LogP contribution in [0.3, 0.4) is 0 Å². The summed E-state index contributed by atoms with van der Waals surface area (Å²) >= 11 is 0. The average Bonchev–Trinajstić information content (AvgIpc) is 2.84. The predicted octanol–water partition coefficient (Wildman–Crippen LogP) is 4.38. The van der Waals surface area contributed by atoms with Crippen LogP contribution in [0.1, 0.15) is 63.8 Å². The molecule has 0 aliphatic rings. The second kappa shape index (κ2) is 13.2. The molecule has 0 aliphatic heterocycles. The van der Waals surface area contributed by atoms with Crippen LogP contribution in [0.5, 0.6) is 0 Å². The smallest absolute Gasteiger partial charge is 0.408 e. The minimum absolute atomic E-state index is 0.0341. The van der Waals surface area contributed by atoms with E-state index in [1.165, 1.54) is 0 Å². The van der Waals surface area contributed by atoms with Gasteiger partial charge in [0.25, 0.3) is 5.91 Å². The Bertz CT molecular complexity index is 1170. The van der Waals surface area contributed by atoms with Crippen molar-refractivity contribution in [3.8, 4) is 24.8 Å². The normalized spacial score (nSPS) is 12.4. The molecule has 0 aliphatic carbocycles. The van der Waals surface area contributed by atoms with E-state index in [-0.39, 0.29) is 18.9 Å². The summed E-state index contributed by atoms with van der Waals surface area (Å²) in [6.07, 6.45) is 11.1. The highest BCUT2D eigenvalue weighted by atomic mass is 16.6. The Morgan fingerprint density at radius 2 is 1.62 bits per heavy atom. The van der Waals surface area contributed by atoms with Gasteiger partial charge < -0.3 is 15.4 Å². The second-order valence-electron chi connectivity index (χ2n) is 10.0. The van der Waals surface area contributed by atoms with Crippen molar-refractivity contribution in [1.29, 1.82) is 0 Å². The maximum absolute atomic E-state index is 13.8. The fraction of sp³-hybridized carbons (Fsp3) is 0.367. The number of ether oxygens (including phenoxy) is 1. The molecule has 2 aromatic carbocycles. The Morgan fingerprint density at radius 1 is 1.00 bits per heavy atom. The SMILES string of the molecule is C#Cc1ccccc1C(C(=O)NCc1ccccc1)N(C#C)C(=O)C(CC(C)C)NC(=O)OC(C)(C)C. The summed E-state index contributed by atoms with van der Waals surface area (Å²) in [5, 5.41) is 5.49. The lowest BCUT2D eigenvalue weighted by molar-refractivity contribution is -0.139. The van der Waals surface area contributed by atoms with Crippen LogP contribution >= 0.6 is 0 Å². The first-order chi connectivity index (χ1) is 17.5. The quantitative estimate of drug-likeness (QED) is 0.394. The summed E-state index contributed by atoms with van der Waals surface area (Å²) in [6, 6.07) is 16.3. The number of benzene rings is 2. The van der Waals surface area contributed by atoms with Gasteiger partial charge in [0.15, 0.2) is 0 Å². The number of terminal acetylenes is 2. The van der Waals surface area contributed by atoms with Crippen molar-refractivity contribution in [1.82, 2.24) is 15.5 Å². The first-order valence-corrected chi connectivity index (χ1v) is 12.1. The maximum atomic E-state index is 13.8. The number of carbonyl (C=O) groups excluding carboxylic acids is 3. The largest absolute Gasteiger partial charge is 0.444 e. The van der Waals surface area contributed by atoms with E-state index < -0.39 is 35.6 Å². The van der Waals surface area contributed by atoms with Crippen LogP contribution in [-0.4, -0.2) is 34.5 Å². The van der Waals surface area contributed by atoms with E-state index in [0.29, 0.717) is 11.1 Å². The third-order valence-corrected chi connectivity index (χ3v) is 5.30. The zero-order valence-electron chi connectivity index (χ0n) is 22.1. The number of alkyl carbamates (subject to hydrolysis) is 1. The molecule has 0 radical (unpaired) electrons. The molecule has 2 unspecified atom stereocenters. The number of nitrogens with one attached hydrogen (secondary N) is 2. The lowest BCUT2D eigenvalue weighted by Crippen LogP contribution is -2.52. The van der Waals surface area contributed by atoms with Crippen molar-refractivity contribution in [3.63, 3.8) is 0 Å². The van der Waals surface area contributed by atoms with Crippen molar-refractivity contribution in [2.75, 3.05) is 0 Å². The van der Waals surface area contributed by atoms with Crippen LogP contribution in [-0.2, 0) is 20.9 Å². The maximum Gasteiger partial charge on any atom is 0.408 e. The Morgan fingerprint density at radius 3 is 2.19 bits per heavy atom. The van der Waals surface area contributed by atoms with Gasteiger partial charge in [0.1, 0.15) is 17.7 Å². The molecule has 0 saturated carbocycles. The molecule has 194 valence electrons. The van der Waals surface area contributed by atoms with Crippen molar-refractivity contribution in [3.05, 3.63) is 71.3 Å². The van der Waals surface area contributed by atoms with E-state index in [1.807, 2.05) is 44.2 Å². The lowest BCUT2D eigenvalue weighted by atomic mass is 9.96. The molecule has 7 heteroatoms. The van der Waals surface area contributed by atoms with E-state index >= 15 is 0 Å². The monoisotopic (exact) mass is 501 g/mol. The van der Waals surface area contributed by atoms with Gasteiger partial charge in [0.05, 0.1) is 0 Å². The molecule has 2 N–H and O–H groups in total. The number of carbonyl (C=O) groups is 3. The Kier molecular flexibility index (Phi) is 10.3. The molecule has 2 atom stereocenters. The van der Waals surface area contributed by atoms with E-state index in [9.17, 15) is 14.4 Å². The van der Waals surface area contributed by atoms with Crippen LogP contribution in [0.25, 0.3) is 0 Å². The number of hydrogen-bond acceptors (Lipinski definition) is 4. The Balaban J connectivity index is 2.45. The fourth-order valence-corrected chi connectivity index (χ4v) is 3.72. The Hall–Kier alpha value is -4.23. The average molecular weight is 502 g/mol. The van der Waals surface area contributed by atoms with Gasteiger partial charge in [-0.25, -0.2) is 4.79 Å². The topological polar surface area (TPSA) is 87.7 Å². The molecule has 0 bridgehead atoms. The summed E-state index contributed by atoms with van der Waals surface area (Å²) in [5.74, 6) is 1.48. The van der Waals surface area contributed by atoms with Gasteiger partial charge in [-0.15, -0.1) is 6.42 Å². The molecular weight excluding hydrogens is 466 g/mol. The summed E-state index contributed by atoms with van der Waals surface area (Å²) in [6.45, 7) is 9.23. The highest BCUT2D eigenvalue weighted by molar-refractivity contribution is 5.93. The molecular formula is C30H35N3O4. The predicted molar refractivity (Wildman–Crippen MR) is 144 cm³/mol. The molecule has 7 nitrogen and oxygen atoms in total. The summed E-state index contributed by atoms with van der Waals surface area (Å²) < 4.78 is 5.35. The molecule has 2 rings (SSSR count). The number of hydrogen-bond donors (Lipinski definition) is 2. The standard InChI is InChI=1S/C30H35N3O4/c1-8-23-17-13-14-18-24(23)26(27(34)31-20-22-15-11-10-12-16-22)33(9-2)28(35)25(19-21(3)4)32-29(36)37-30(5,6)7/h1-2,10-18,21,25-26H,19-20H2,3-7H3,(H,31,34)(H,32,36). The molecule has 0 aromatic heterocycles. The third-order valence-electron chi connectivity index (χ3n) is 5.30. The third kappa shape index (κ3) is 8.74. The highest BCUT2D eigenvalue weighted by Gasteiger charge is 2.37. The molecule has 0 heterocycles. The summed E-state index contributed by atoms with van der Waals surface area (Å²) in [4.78, 5) is 40.9. The zero-order chi connectivity index (χ0) is 27.6. The van der Waals surface area contributed by atoms with Gasteiger partial charge in [-0.05, 0) is 44.7 Å². The minimum atomic E-state index is -1.22. The van der Waals surface area contributed by atoms with Gasteiger partial charge in [-0.2, -0.15) is 0 Å². The van der Waals surface area contributed by atoms with Crippen molar-refractivity contribution < 1.29 is 19.1 Å². The van der Waals surface area contributed by atoms with Gasteiger partial charge >= 0.3 is 6.09 Å². The first-order valence-electron chi connectivity index (χ1n) is 12.1. The van der Waals surface area contributed by atoms with Crippen LogP contribution in [0, 0.1) is 30.7 Å². The van der Waals surface area contributed by atoms with Crippen LogP contribution in [0.4, 0.5) is 4.79 Å². The van der Waals surface area contributed by atoms with E-state index in [0.717, 1.165) is 10.5 Å². The highest BCUT2D eigenvalue weighted by Crippen LogP contribution is 2.26. The zero-order valence-corrected chi connectivity index (χ0v) is 22.1. The van der Waals surface area contributed by atoms with Crippen molar-refractivity contribution >= 4 is 17.9 Å². The summed E-state index contributed by atoms with van der Waals surface area (Å²) in [5.41, 5.74) is 0.952. The first kappa shape index (κ1) is 29.0. The second-order valence-corrected chi connectivity index (χ2v) is 10.0. The van der Waals surface area contributed by atoms with Gasteiger partial charge in [-0.3, -0.25) is 14.5 Å². The molecule has 0 fully saturated rings. The van der Waals surface area contributed by atoms with Crippen LogP contribution < -0.4 is 10.6 Å². The molecule has 37 heavy (non-hydrogen) atoms. The van der Waals surface area contributed by atoms with Crippen LogP contribution in [0.15, 0.2) is 54.6 Å². The van der Waals surface area contributed by atoms with E-state index in [2.05, 4.69) is 22.6 Å². The number of nitrogens with zero attached hydrogens (tertiary/aromatic N) is 1. The summed E-state index contributed by atoms with van der Waals surface area (Å²) in [7, 11) is 0. The van der Waals surface area contributed by atoms with Gasteiger partial charge in [-0.1, -0.05) is 74.7 Å². The fourth-order valence-electron chi connectivity index (χ4n) is 3.72. The van der Waals surface area contributed by atoms with E-state index in [1.54, 1.807) is 45.0 Å². The minimum Gasteiger partial charge on any atom is -0.444 e. The molecule has 2 aromatic rings. The van der Waals surface area contributed by atoms with E-state index in [4.69, 9.17) is 17.6 Å². The van der Waals surface area contributed by atoms with Gasteiger partial charge in [0, 0.05) is 23.7 Å². The Labute approximate surface area is 220 Å². The van der Waals surface area contributed by atoms with Gasteiger partial charge in [0.2, 0.25) is 5.91 Å². The lowest BCUT2D eigenvalue weighted by Gasteiger charge is -2.31. The van der Waals surface area contributed by atoms with Crippen molar-refractivity contribution in [2.45, 2.75) is 65.3 Å². The molecule has 3 amide bonds. The molecule has 0 saturated heterocycles.